The molecule has 0 radical (unpaired) electrons. The van der Waals surface area contributed by atoms with Crippen molar-refractivity contribution in [2.75, 3.05) is 6.86 Å². The molecule has 0 spiro atoms. The number of halogens is 1. The Hall–Kier alpha value is -1.45. The van der Waals surface area contributed by atoms with Gasteiger partial charge in [-0.25, -0.2) is 9.37 Å². The van der Waals surface area contributed by atoms with E-state index in [0.29, 0.717) is 11.4 Å². The van der Waals surface area contributed by atoms with Crippen molar-refractivity contribution in [3.8, 4) is 5.75 Å². The molecule has 0 atom stereocenters. The largest absolute Gasteiger partial charge is 0.461 e. The quantitative estimate of drug-likeness (QED) is 0.645. The first-order chi connectivity index (χ1) is 5.74. The summed E-state index contributed by atoms with van der Waals surface area (Å²) in [4.78, 5) is 14.5. The Balaban J connectivity index is 2.78. The van der Waals surface area contributed by atoms with Gasteiger partial charge < -0.3 is 4.74 Å². The molecule has 0 saturated carbocycles. The lowest BCUT2D eigenvalue weighted by Crippen LogP contribution is -1.97. The molecule has 0 amide bonds. The minimum Gasteiger partial charge on any atom is -0.461 e. The number of pyridine rings is 1. The van der Waals surface area contributed by atoms with Gasteiger partial charge in [0.05, 0.1) is 6.20 Å². The summed E-state index contributed by atoms with van der Waals surface area (Å²) < 4.78 is 16.1. The van der Waals surface area contributed by atoms with Crippen molar-refractivity contribution in [2.24, 2.45) is 0 Å². The van der Waals surface area contributed by atoms with Crippen LogP contribution in [0.15, 0.2) is 18.3 Å². The fraction of sp³-hybridized carbons (Fsp3) is 0.250. The molecule has 1 rings (SSSR count). The molecule has 64 valence electrons. The third kappa shape index (κ3) is 2.02. The van der Waals surface area contributed by atoms with Crippen LogP contribution in [0.2, 0.25) is 0 Å². The summed E-state index contributed by atoms with van der Waals surface area (Å²) in [7, 11) is 0. The first-order valence-electron chi connectivity index (χ1n) is 3.40. The van der Waals surface area contributed by atoms with E-state index in [0.717, 1.165) is 0 Å². The third-order valence-electron chi connectivity index (χ3n) is 1.32. The summed E-state index contributed by atoms with van der Waals surface area (Å²) in [5, 5.41) is 0. The second-order valence-corrected chi connectivity index (χ2v) is 2.19. The highest BCUT2D eigenvalue weighted by Gasteiger charge is 2.00. The van der Waals surface area contributed by atoms with E-state index in [1.807, 2.05) is 0 Å². The van der Waals surface area contributed by atoms with E-state index < -0.39 is 6.86 Å². The monoisotopic (exact) mass is 169 g/mol. The van der Waals surface area contributed by atoms with E-state index in [-0.39, 0.29) is 5.78 Å². The lowest BCUT2D eigenvalue weighted by atomic mass is 10.3. The van der Waals surface area contributed by atoms with Gasteiger partial charge in [0.25, 0.3) is 0 Å². The summed E-state index contributed by atoms with van der Waals surface area (Å²) in [6.07, 6.45) is 1.32. The Morgan fingerprint density at radius 3 is 2.83 bits per heavy atom. The summed E-state index contributed by atoms with van der Waals surface area (Å²) in [6, 6.07) is 3.00. The Kier molecular flexibility index (Phi) is 2.74. The zero-order valence-electron chi connectivity index (χ0n) is 6.58. The Labute approximate surface area is 69.2 Å². The van der Waals surface area contributed by atoms with Gasteiger partial charge in [0.15, 0.2) is 5.78 Å². The third-order valence-corrected chi connectivity index (χ3v) is 1.32. The standard InChI is InChI=1S/C8H8FNO2/c1-6(11)8-3-2-7(4-10-8)12-5-9/h2-4H,5H2,1H3. The molecule has 3 nitrogen and oxygen atoms in total. The van der Waals surface area contributed by atoms with Crippen LogP contribution in [0.1, 0.15) is 17.4 Å². The number of aromatic nitrogens is 1. The van der Waals surface area contributed by atoms with Gasteiger partial charge in [-0.05, 0) is 12.1 Å². The van der Waals surface area contributed by atoms with Crippen LogP contribution in [-0.4, -0.2) is 17.6 Å². The highest BCUT2D eigenvalue weighted by atomic mass is 19.1. The van der Waals surface area contributed by atoms with Crippen LogP contribution >= 0.6 is 0 Å². The van der Waals surface area contributed by atoms with Crippen LogP contribution in [0.5, 0.6) is 5.75 Å². The van der Waals surface area contributed by atoms with Gasteiger partial charge in [-0.1, -0.05) is 0 Å². The molecule has 0 fully saturated rings. The number of alkyl halides is 1. The zero-order chi connectivity index (χ0) is 8.97. The number of hydrogen-bond acceptors (Lipinski definition) is 3. The molecule has 0 N–H and O–H groups in total. The lowest BCUT2D eigenvalue weighted by Gasteiger charge is -1.99. The van der Waals surface area contributed by atoms with Gasteiger partial charge in [-0.15, -0.1) is 0 Å². The van der Waals surface area contributed by atoms with Crippen LogP contribution < -0.4 is 4.74 Å². The van der Waals surface area contributed by atoms with Crippen molar-refractivity contribution >= 4 is 5.78 Å². The second kappa shape index (κ2) is 3.80. The van der Waals surface area contributed by atoms with Gasteiger partial charge in [-0.2, -0.15) is 0 Å². The van der Waals surface area contributed by atoms with Gasteiger partial charge in [-0.3, -0.25) is 4.79 Å². The molecule has 0 unspecified atom stereocenters. The number of rotatable bonds is 3. The zero-order valence-corrected chi connectivity index (χ0v) is 6.58. The maximum Gasteiger partial charge on any atom is 0.228 e. The first-order valence-corrected chi connectivity index (χ1v) is 3.40. The number of carbonyl (C=O) groups is 1. The van der Waals surface area contributed by atoms with E-state index in [4.69, 9.17) is 0 Å². The summed E-state index contributed by atoms with van der Waals surface area (Å²) in [5.74, 6) is 0.198. The SMILES string of the molecule is CC(=O)c1ccc(OCF)cn1. The van der Waals surface area contributed by atoms with Gasteiger partial charge >= 0.3 is 0 Å². The number of Topliss-reactive ketones (excluding diaryl/α,β-unsaturated/α-hetero) is 1. The fourth-order valence-corrected chi connectivity index (χ4v) is 0.737. The van der Waals surface area contributed by atoms with Crippen LogP contribution in [-0.2, 0) is 0 Å². The molecule has 0 bridgehead atoms. The molecule has 1 aromatic heterocycles. The Bertz CT molecular complexity index is 271. The molecule has 0 aliphatic rings. The molecule has 0 aliphatic heterocycles. The number of carbonyl (C=O) groups excluding carboxylic acids is 1. The maximum atomic E-state index is 11.6. The molecular weight excluding hydrogens is 161 g/mol. The van der Waals surface area contributed by atoms with Gasteiger partial charge in [0, 0.05) is 6.92 Å². The molecule has 0 saturated heterocycles. The van der Waals surface area contributed by atoms with Crippen LogP contribution in [0, 0.1) is 0 Å². The highest BCUT2D eigenvalue weighted by Crippen LogP contribution is 2.08. The number of ketones is 1. The minimum atomic E-state index is -0.888. The van der Waals surface area contributed by atoms with E-state index in [1.165, 1.54) is 25.3 Å². The van der Waals surface area contributed by atoms with Gasteiger partial charge in [0.1, 0.15) is 11.4 Å². The van der Waals surface area contributed by atoms with Gasteiger partial charge in [0.2, 0.25) is 6.86 Å². The summed E-state index contributed by atoms with van der Waals surface area (Å²) in [6.45, 7) is 0.527. The first kappa shape index (κ1) is 8.64. The average Bonchev–Trinajstić information content (AvgIpc) is 2.06. The van der Waals surface area contributed by atoms with E-state index in [1.54, 1.807) is 0 Å². The molecule has 1 aromatic rings. The fourth-order valence-electron chi connectivity index (χ4n) is 0.737. The van der Waals surface area contributed by atoms with Crippen molar-refractivity contribution in [1.29, 1.82) is 0 Å². The van der Waals surface area contributed by atoms with Crippen molar-refractivity contribution in [1.82, 2.24) is 4.98 Å². The van der Waals surface area contributed by atoms with Crippen molar-refractivity contribution in [3.05, 3.63) is 24.0 Å². The molecule has 12 heavy (non-hydrogen) atoms. The van der Waals surface area contributed by atoms with E-state index >= 15 is 0 Å². The maximum absolute atomic E-state index is 11.6. The smallest absolute Gasteiger partial charge is 0.228 e. The molecular formula is C8H8FNO2. The normalized spacial score (nSPS) is 9.50. The topological polar surface area (TPSA) is 39.2 Å². The summed E-state index contributed by atoms with van der Waals surface area (Å²) >= 11 is 0. The van der Waals surface area contributed by atoms with E-state index in [2.05, 4.69) is 9.72 Å². The average molecular weight is 169 g/mol. The van der Waals surface area contributed by atoms with Crippen LogP contribution in [0.3, 0.4) is 0 Å². The Morgan fingerprint density at radius 1 is 1.67 bits per heavy atom. The van der Waals surface area contributed by atoms with Crippen LogP contribution in [0.4, 0.5) is 4.39 Å². The predicted molar refractivity (Wildman–Crippen MR) is 40.8 cm³/mol. The lowest BCUT2D eigenvalue weighted by molar-refractivity contribution is 0.101. The van der Waals surface area contributed by atoms with Crippen LogP contribution in [0.25, 0.3) is 0 Å². The Morgan fingerprint density at radius 2 is 2.42 bits per heavy atom. The number of ether oxygens (including phenoxy) is 1. The molecule has 4 heteroatoms. The second-order valence-electron chi connectivity index (χ2n) is 2.19. The van der Waals surface area contributed by atoms with E-state index in [9.17, 15) is 9.18 Å². The molecule has 0 aromatic carbocycles. The number of nitrogens with zero attached hydrogens (tertiary/aromatic N) is 1. The predicted octanol–water partition coefficient (Wildman–Crippen LogP) is 1.59. The van der Waals surface area contributed by atoms with Crippen molar-refractivity contribution < 1.29 is 13.9 Å². The highest BCUT2D eigenvalue weighted by molar-refractivity contribution is 5.92. The van der Waals surface area contributed by atoms with Crippen molar-refractivity contribution in [2.45, 2.75) is 6.92 Å². The minimum absolute atomic E-state index is 0.123. The number of hydrogen-bond donors (Lipinski definition) is 0. The van der Waals surface area contributed by atoms with Crippen molar-refractivity contribution in [3.63, 3.8) is 0 Å². The molecule has 0 aliphatic carbocycles. The molecule has 1 heterocycles. The summed E-state index contributed by atoms with van der Waals surface area (Å²) in [5.41, 5.74) is 0.348.